The van der Waals surface area contributed by atoms with Crippen molar-refractivity contribution >= 4 is 17.5 Å². The minimum Gasteiger partial charge on any atom is -0.483 e. The van der Waals surface area contributed by atoms with Gasteiger partial charge in [-0.3, -0.25) is 9.78 Å². The van der Waals surface area contributed by atoms with Crippen LogP contribution in [0.5, 0.6) is 5.75 Å². The third kappa shape index (κ3) is 4.26. The zero-order valence-corrected chi connectivity index (χ0v) is 21.0. The first-order chi connectivity index (χ1) is 17.5. The summed E-state index contributed by atoms with van der Waals surface area (Å²) in [5, 5.41) is 3.98. The summed E-state index contributed by atoms with van der Waals surface area (Å²) >= 11 is 6.13. The Hall–Kier alpha value is -2.97. The first-order valence-corrected chi connectivity index (χ1v) is 13.1. The Morgan fingerprint density at radius 1 is 1.28 bits per heavy atom. The highest BCUT2D eigenvalue weighted by Gasteiger charge is 2.40. The van der Waals surface area contributed by atoms with E-state index < -0.39 is 6.04 Å². The Kier molecular flexibility index (Phi) is 6.17. The third-order valence-electron chi connectivity index (χ3n) is 7.39. The topological polar surface area (TPSA) is 72.3 Å². The Morgan fingerprint density at radius 2 is 2.14 bits per heavy atom. The van der Waals surface area contributed by atoms with Crippen LogP contribution in [-0.2, 0) is 30.7 Å². The van der Waals surface area contributed by atoms with Gasteiger partial charge >= 0.3 is 0 Å². The zero-order chi connectivity index (χ0) is 24.8. The fraction of sp³-hybridized carbons (Fsp3) is 0.444. The molecule has 1 saturated carbocycles. The van der Waals surface area contributed by atoms with Gasteiger partial charge in [0.15, 0.2) is 6.61 Å². The number of halogens is 2. The molecule has 7 nitrogen and oxygen atoms in total. The van der Waals surface area contributed by atoms with E-state index in [1.165, 1.54) is 0 Å². The lowest BCUT2D eigenvalue weighted by Crippen LogP contribution is -2.44. The number of carbonyl (C=O) groups is 1. The third-order valence-corrected chi connectivity index (χ3v) is 7.63. The van der Waals surface area contributed by atoms with Crippen LogP contribution in [0, 0.1) is 5.82 Å². The molecule has 1 atom stereocenters. The number of aryl methyl sites for hydroxylation is 1. The van der Waals surface area contributed by atoms with Crippen LogP contribution in [0.1, 0.15) is 65.8 Å². The second-order valence-electron chi connectivity index (χ2n) is 9.73. The van der Waals surface area contributed by atoms with Crippen molar-refractivity contribution < 1.29 is 13.9 Å². The Morgan fingerprint density at radius 3 is 2.92 bits per heavy atom. The van der Waals surface area contributed by atoms with Crippen LogP contribution >= 0.6 is 11.6 Å². The number of nitrogens with one attached hydrogen (secondary N) is 1. The summed E-state index contributed by atoms with van der Waals surface area (Å²) in [5.74, 6) is 1.38. The fourth-order valence-electron chi connectivity index (χ4n) is 5.37. The van der Waals surface area contributed by atoms with Gasteiger partial charge in [-0.05, 0) is 60.6 Å². The van der Waals surface area contributed by atoms with Crippen LogP contribution in [0.2, 0.25) is 5.02 Å². The largest absolute Gasteiger partial charge is 0.483 e. The van der Waals surface area contributed by atoms with E-state index in [0.717, 1.165) is 60.7 Å². The van der Waals surface area contributed by atoms with Gasteiger partial charge in [0.1, 0.15) is 29.1 Å². The molecular formula is C27H29ClFN5O2. The minimum atomic E-state index is -0.645. The number of carbonyl (C=O) groups excluding carboxylic acids is 1. The smallest absolute Gasteiger partial charge is 0.261 e. The van der Waals surface area contributed by atoms with E-state index in [9.17, 15) is 4.79 Å². The van der Waals surface area contributed by atoms with Gasteiger partial charge in [-0.25, -0.2) is 9.37 Å². The van der Waals surface area contributed by atoms with Crippen molar-refractivity contribution in [2.75, 3.05) is 19.7 Å². The van der Waals surface area contributed by atoms with Crippen LogP contribution in [-0.4, -0.2) is 45.0 Å². The predicted octanol–water partition coefficient (Wildman–Crippen LogP) is 4.17. The highest BCUT2D eigenvalue weighted by Crippen LogP contribution is 2.42. The monoisotopic (exact) mass is 509 g/mol. The van der Waals surface area contributed by atoms with Crippen molar-refractivity contribution in [3.63, 3.8) is 0 Å². The van der Waals surface area contributed by atoms with Crippen LogP contribution < -0.4 is 10.1 Å². The number of hydrogen-bond donors (Lipinski definition) is 1. The molecule has 9 heteroatoms. The molecule has 0 bridgehead atoms. The molecule has 0 spiro atoms. The number of ether oxygens (including phenoxy) is 1. The number of pyridine rings is 1. The number of amides is 1. The molecule has 0 saturated heterocycles. The maximum Gasteiger partial charge on any atom is 0.261 e. The average molecular weight is 510 g/mol. The average Bonchev–Trinajstić information content (AvgIpc) is 3.67. The maximum absolute atomic E-state index is 15.6. The van der Waals surface area contributed by atoms with Gasteiger partial charge in [-0.1, -0.05) is 18.5 Å². The number of aromatic nitrogens is 3. The van der Waals surface area contributed by atoms with Crippen LogP contribution in [0.25, 0.3) is 0 Å². The lowest BCUT2D eigenvalue weighted by Gasteiger charge is -2.36. The molecule has 3 aromatic rings. The maximum atomic E-state index is 15.6. The van der Waals surface area contributed by atoms with Crippen LogP contribution in [0.15, 0.2) is 30.5 Å². The Balaban J connectivity index is 1.35. The number of hydrogen-bond acceptors (Lipinski definition) is 5. The molecule has 2 aliphatic heterocycles. The van der Waals surface area contributed by atoms with Gasteiger partial charge in [0.05, 0.1) is 17.9 Å². The lowest BCUT2D eigenvalue weighted by atomic mass is 9.97. The standard InChI is InChI=1S/C27H29ClFN5O2/c1-2-16-11-19(28)5-6-22(16)36-15-24(35)34-9-7-21-26(33-10-8-30-14-23(33)32-21)27(34)25-20(29)12-18(13-31-25)17-3-4-17/h5-6,11-13,17,27,30H,2-4,7-10,14-15H2,1H3. The van der Waals surface area contributed by atoms with Crippen molar-refractivity contribution in [1.29, 1.82) is 0 Å². The SMILES string of the molecule is CCc1cc(Cl)ccc1OCC(=O)N1CCc2nc3n(c2C1c1ncc(C2CC2)cc1F)CCNC3. The number of nitrogens with zero attached hydrogens (tertiary/aromatic N) is 4. The molecule has 1 aromatic carbocycles. The van der Waals surface area contributed by atoms with E-state index in [0.29, 0.717) is 36.2 Å². The summed E-state index contributed by atoms with van der Waals surface area (Å²) in [7, 11) is 0. The number of rotatable bonds is 6. The molecule has 4 heterocycles. The van der Waals surface area contributed by atoms with Crippen molar-refractivity contribution in [3.8, 4) is 5.75 Å². The second-order valence-corrected chi connectivity index (χ2v) is 10.2. The number of imidazole rings is 1. The number of benzene rings is 1. The Bertz CT molecular complexity index is 1320. The summed E-state index contributed by atoms with van der Waals surface area (Å²) < 4.78 is 23.7. The molecule has 1 fully saturated rings. The molecule has 1 aliphatic carbocycles. The summed E-state index contributed by atoms with van der Waals surface area (Å²) in [6.45, 7) is 4.47. The fourth-order valence-corrected chi connectivity index (χ4v) is 5.57. The molecule has 2 aromatic heterocycles. The van der Waals surface area contributed by atoms with E-state index in [4.69, 9.17) is 21.3 Å². The molecule has 1 unspecified atom stereocenters. The van der Waals surface area contributed by atoms with Gasteiger partial charge in [0.2, 0.25) is 0 Å². The van der Waals surface area contributed by atoms with Gasteiger partial charge < -0.3 is 19.5 Å². The predicted molar refractivity (Wildman–Crippen MR) is 134 cm³/mol. The van der Waals surface area contributed by atoms with Crippen molar-refractivity contribution in [2.24, 2.45) is 0 Å². The molecule has 1 N–H and O–H groups in total. The quantitative estimate of drug-likeness (QED) is 0.540. The van der Waals surface area contributed by atoms with Crippen LogP contribution in [0.3, 0.4) is 0 Å². The normalized spacial score (nSPS) is 19.1. The molecule has 3 aliphatic rings. The molecule has 6 rings (SSSR count). The minimum absolute atomic E-state index is 0.148. The first-order valence-electron chi connectivity index (χ1n) is 12.7. The molecule has 188 valence electrons. The van der Waals surface area contributed by atoms with Gasteiger partial charge in [0.25, 0.3) is 5.91 Å². The van der Waals surface area contributed by atoms with Crippen LogP contribution in [0.4, 0.5) is 4.39 Å². The van der Waals surface area contributed by atoms with Gasteiger partial charge in [-0.2, -0.15) is 0 Å². The molecule has 0 radical (unpaired) electrons. The van der Waals surface area contributed by atoms with Crippen molar-refractivity contribution in [3.05, 3.63) is 75.3 Å². The number of fused-ring (bicyclic) bond motifs is 3. The molecule has 36 heavy (non-hydrogen) atoms. The summed E-state index contributed by atoms with van der Waals surface area (Å²) in [6, 6.07) is 6.35. The van der Waals surface area contributed by atoms with E-state index in [-0.39, 0.29) is 24.0 Å². The highest BCUT2D eigenvalue weighted by molar-refractivity contribution is 6.30. The summed E-state index contributed by atoms with van der Waals surface area (Å²) in [6.07, 6.45) is 5.27. The first kappa shape index (κ1) is 23.4. The van der Waals surface area contributed by atoms with E-state index in [1.807, 2.05) is 13.0 Å². The van der Waals surface area contributed by atoms with Crippen molar-refractivity contribution in [1.82, 2.24) is 24.8 Å². The molecule has 1 amide bonds. The van der Waals surface area contributed by atoms with Crippen molar-refractivity contribution in [2.45, 2.75) is 57.7 Å². The van der Waals surface area contributed by atoms with E-state index in [2.05, 4.69) is 14.9 Å². The highest BCUT2D eigenvalue weighted by atomic mass is 35.5. The summed E-state index contributed by atoms with van der Waals surface area (Å²) in [5.41, 5.74) is 3.94. The molecular weight excluding hydrogens is 481 g/mol. The Labute approximate surface area is 214 Å². The van der Waals surface area contributed by atoms with Gasteiger partial charge in [0, 0.05) is 37.3 Å². The zero-order valence-electron chi connectivity index (χ0n) is 20.3. The van der Waals surface area contributed by atoms with E-state index in [1.54, 1.807) is 29.3 Å². The van der Waals surface area contributed by atoms with E-state index >= 15 is 4.39 Å². The summed E-state index contributed by atoms with van der Waals surface area (Å²) in [4.78, 5) is 24.7. The second kappa shape index (κ2) is 9.48. The van der Waals surface area contributed by atoms with Gasteiger partial charge in [-0.15, -0.1) is 0 Å². The lowest BCUT2D eigenvalue weighted by molar-refractivity contribution is -0.135.